The van der Waals surface area contributed by atoms with Crippen LogP contribution in [0.4, 0.5) is 4.39 Å². The van der Waals surface area contributed by atoms with Gasteiger partial charge in [-0.1, -0.05) is 0 Å². The third-order valence-electron chi connectivity index (χ3n) is 4.00. The molecule has 0 saturated carbocycles. The minimum Gasteiger partial charge on any atom is -0.369 e. The van der Waals surface area contributed by atoms with Crippen LogP contribution < -0.4 is 10.5 Å². The zero-order chi connectivity index (χ0) is 17.7. The number of hydrogen-bond donors (Lipinski definition) is 2. The molecule has 1 heterocycles. The van der Waals surface area contributed by atoms with Crippen LogP contribution in [0.5, 0.6) is 0 Å². The van der Waals surface area contributed by atoms with Crippen molar-refractivity contribution in [3.63, 3.8) is 0 Å². The first-order chi connectivity index (χ1) is 11.3. The molecule has 1 aromatic carbocycles. The number of benzene rings is 1. The highest BCUT2D eigenvalue weighted by molar-refractivity contribution is 7.89. The number of nitrogens with one attached hydrogen (secondary N) is 1. The van der Waals surface area contributed by atoms with E-state index in [9.17, 15) is 22.4 Å². The summed E-state index contributed by atoms with van der Waals surface area (Å²) in [4.78, 5) is 24.7. The third-order valence-corrected chi connectivity index (χ3v) is 5.48. The smallest absolute Gasteiger partial charge is 0.240 e. The van der Waals surface area contributed by atoms with Crippen LogP contribution in [0.2, 0.25) is 0 Å². The van der Waals surface area contributed by atoms with Gasteiger partial charge in [0.2, 0.25) is 21.8 Å². The molecule has 0 aliphatic carbocycles. The van der Waals surface area contributed by atoms with E-state index >= 15 is 0 Å². The molecule has 1 saturated heterocycles. The van der Waals surface area contributed by atoms with Crippen molar-refractivity contribution in [1.82, 2.24) is 9.62 Å². The molecule has 2 rings (SSSR count). The predicted octanol–water partition coefficient (Wildman–Crippen LogP) is 0.218. The van der Waals surface area contributed by atoms with Gasteiger partial charge in [-0.2, -0.15) is 0 Å². The number of nitrogens with zero attached hydrogens (tertiary/aromatic N) is 1. The number of rotatable bonds is 6. The molecule has 1 fully saturated rings. The molecule has 2 amide bonds. The minimum absolute atomic E-state index is 0.0155. The summed E-state index contributed by atoms with van der Waals surface area (Å²) in [6.07, 6.45) is 1.08. The molecular weight excluding hydrogens is 337 g/mol. The molecule has 0 aromatic heterocycles. The number of piperidine rings is 1. The van der Waals surface area contributed by atoms with Crippen LogP contribution in [0.15, 0.2) is 29.2 Å². The van der Waals surface area contributed by atoms with Crippen molar-refractivity contribution in [3.8, 4) is 0 Å². The van der Waals surface area contributed by atoms with Gasteiger partial charge in [-0.15, -0.1) is 0 Å². The van der Waals surface area contributed by atoms with Crippen LogP contribution in [-0.2, 0) is 19.6 Å². The van der Waals surface area contributed by atoms with Gasteiger partial charge in [0.1, 0.15) is 5.82 Å². The van der Waals surface area contributed by atoms with Gasteiger partial charge < -0.3 is 10.6 Å². The summed E-state index contributed by atoms with van der Waals surface area (Å²) in [5.74, 6) is -1.26. The van der Waals surface area contributed by atoms with Gasteiger partial charge >= 0.3 is 0 Å². The Kier molecular flexibility index (Phi) is 5.89. The Bertz CT molecular complexity index is 698. The lowest BCUT2D eigenvalue weighted by Crippen LogP contribution is -2.42. The first-order valence-corrected chi connectivity index (χ1v) is 9.10. The molecular formula is C15H20FN3O4S. The van der Waals surface area contributed by atoms with Crippen molar-refractivity contribution in [3.05, 3.63) is 30.1 Å². The molecule has 24 heavy (non-hydrogen) atoms. The second-order valence-electron chi connectivity index (χ2n) is 5.66. The van der Waals surface area contributed by atoms with E-state index < -0.39 is 15.8 Å². The first kappa shape index (κ1) is 18.3. The summed E-state index contributed by atoms with van der Waals surface area (Å²) >= 11 is 0. The van der Waals surface area contributed by atoms with Crippen molar-refractivity contribution in [2.45, 2.75) is 24.2 Å². The van der Waals surface area contributed by atoms with Crippen molar-refractivity contribution in [1.29, 1.82) is 0 Å². The first-order valence-electron chi connectivity index (χ1n) is 7.62. The van der Waals surface area contributed by atoms with Crippen LogP contribution in [-0.4, -0.2) is 44.8 Å². The summed E-state index contributed by atoms with van der Waals surface area (Å²) in [5.41, 5.74) is 5.24. The van der Waals surface area contributed by atoms with Crippen molar-refractivity contribution in [2.75, 3.05) is 19.6 Å². The van der Waals surface area contributed by atoms with Gasteiger partial charge in [0.25, 0.3) is 0 Å². The van der Waals surface area contributed by atoms with Crippen molar-refractivity contribution in [2.24, 2.45) is 11.7 Å². The van der Waals surface area contributed by atoms with E-state index in [1.165, 1.54) is 0 Å². The number of amides is 2. The van der Waals surface area contributed by atoms with E-state index in [-0.39, 0.29) is 35.6 Å². The monoisotopic (exact) mass is 357 g/mol. The lowest BCUT2D eigenvalue weighted by Gasteiger charge is -2.30. The Balaban J connectivity index is 1.80. The van der Waals surface area contributed by atoms with Gasteiger partial charge in [-0.05, 0) is 37.1 Å². The second-order valence-corrected chi connectivity index (χ2v) is 7.43. The molecule has 0 bridgehead atoms. The standard InChI is InChI=1S/C15H20FN3O4S/c16-12-1-3-13(4-2-12)24(22,23)18-8-5-14(20)19-9-6-11(7-10-19)15(17)21/h1-4,11,18H,5-10H2,(H2,17,21). The Morgan fingerprint density at radius 2 is 1.79 bits per heavy atom. The average Bonchev–Trinajstić information content (AvgIpc) is 2.55. The highest BCUT2D eigenvalue weighted by atomic mass is 32.2. The van der Waals surface area contributed by atoms with Gasteiger partial charge in [0, 0.05) is 32.0 Å². The van der Waals surface area contributed by atoms with Crippen LogP contribution in [0.3, 0.4) is 0 Å². The minimum atomic E-state index is -3.77. The maximum Gasteiger partial charge on any atom is 0.240 e. The molecule has 3 N–H and O–H groups in total. The highest BCUT2D eigenvalue weighted by Gasteiger charge is 2.25. The number of carbonyl (C=O) groups excluding carboxylic acids is 2. The quantitative estimate of drug-likeness (QED) is 0.759. The second kappa shape index (κ2) is 7.71. The van der Waals surface area contributed by atoms with E-state index in [0.717, 1.165) is 24.3 Å². The van der Waals surface area contributed by atoms with Crippen LogP contribution in [0.1, 0.15) is 19.3 Å². The Labute approximate surface area is 140 Å². The van der Waals surface area contributed by atoms with Gasteiger partial charge in [-0.25, -0.2) is 17.5 Å². The highest BCUT2D eigenvalue weighted by Crippen LogP contribution is 2.17. The molecule has 0 spiro atoms. The molecule has 1 aliphatic rings. The fourth-order valence-electron chi connectivity index (χ4n) is 2.56. The average molecular weight is 357 g/mol. The maximum absolute atomic E-state index is 12.8. The fourth-order valence-corrected chi connectivity index (χ4v) is 3.59. The number of sulfonamides is 1. The zero-order valence-corrected chi connectivity index (χ0v) is 13.9. The number of likely N-dealkylation sites (tertiary alicyclic amines) is 1. The van der Waals surface area contributed by atoms with E-state index in [1.807, 2.05) is 0 Å². The number of primary amides is 1. The summed E-state index contributed by atoms with van der Waals surface area (Å²) in [5, 5.41) is 0. The van der Waals surface area contributed by atoms with Crippen LogP contribution in [0.25, 0.3) is 0 Å². The maximum atomic E-state index is 12.8. The molecule has 1 aliphatic heterocycles. The molecule has 7 nitrogen and oxygen atoms in total. The third kappa shape index (κ3) is 4.75. The summed E-state index contributed by atoms with van der Waals surface area (Å²) < 4.78 is 39.2. The van der Waals surface area contributed by atoms with E-state index in [4.69, 9.17) is 5.73 Å². The lowest BCUT2D eigenvalue weighted by molar-refractivity contribution is -0.134. The van der Waals surface area contributed by atoms with Crippen molar-refractivity contribution >= 4 is 21.8 Å². The van der Waals surface area contributed by atoms with E-state index in [2.05, 4.69) is 4.72 Å². The predicted molar refractivity (Wildman–Crippen MR) is 84.7 cm³/mol. The Morgan fingerprint density at radius 1 is 1.21 bits per heavy atom. The van der Waals surface area contributed by atoms with Crippen molar-refractivity contribution < 1.29 is 22.4 Å². The van der Waals surface area contributed by atoms with E-state index in [1.54, 1.807) is 4.90 Å². The summed E-state index contributed by atoms with van der Waals surface area (Å²) in [6.45, 7) is 0.836. The summed E-state index contributed by atoms with van der Waals surface area (Å²) in [7, 11) is -3.77. The number of hydrogen-bond acceptors (Lipinski definition) is 4. The van der Waals surface area contributed by atoms with Gasteiger partial charge in [0.05, 0.1) is 4.90 Å². The SMILES string of the molecule is NC(=O)C1CCN(C(=O)CCNS(=O)(=O)c2ccc(F)cc2)CC1. The molecule has 132 valence electrons. The lowest BCUT2D eigenvalue weighted by atomic mass is 9.96. The number of halogens is 1. The summed E-state index contributed by atoms with van der Waals surface area (Å²) in [6, 6.07) is 4.44. The topological polar surface area (TPSA) is 110 Å². The zero-order valence-electron chi connectivity index (χ0n) is 13.1. The molecule has 9 heteroatoms. The van der Waals surface area contributed by atoms with Gasteiger partial charge in [-0.3, -0.25) is 9.59 Å². The van der Waals surface area contributed by atoms with Gasteiger partial charge in [0.15, 0.2) is 0 Å². The largest absolute Gasteiger partial charge is 0.369 e. The molecule has 0 unspecified atom stereocenters. The van der Waals surface area contributed by atoms with Crippen LogP contribution in [0, 0.1) is 11.7 Å². The molecule has 0 atom stereocenters. The number of carbonyl (C=O) groups is 2. The molecule has 0 radical (unpaired) electrons. The normalized spacial score (nSPS) is 16.1. The Morgan fingerprint density at radius 3 is 2.33 bits per heavy atom. The number of nitrogens with two attached hydrogens (primary N) is 1. The van der Waals surface area contributed by atoms with Crippen LogP contribution >= 0.6 is 0 Å². The fraction of sp³-hybridized carbons (Fsp3) is 0.467. The Hall–Kier alpha value is -2.00. The van der Waals surface area contributed by atoms with E-state index in [0.29, 0.717) is 25.9 Å². The molecule has 1 aromatic rings.